The first-order valence-electron chi connectivity index (χ1n) is 3.89. The Kier molecular flexibility index (Phi) is 3.24. The van der Waals surface area contributed by atoms with Crippen LogP contribution in [0.15, 0.2) is 0 Å². The van der Waals surface area contributed by atoms with E-state index in [-0.39, 0.29) is 5.92 Å². The van der Waals surface area contributed by atoms with Crippen molar-refractivity contribution in [3.05, 3.63) is 0 Å². The van der Waals surface area contributed by atoms with Crippen molar-refractivity contribution in [1.29, 1.82) is 0 Å². The molecule has 70 valence electrons. The molecule has 3 N–H and O–H groups in total. The molecule has 4 nitrogen and oxygen atoms in total. The van der Waals surface area contributed by atoms with Crippen LogP contribution in [0.1, 0.15) is 27.7 Å². The highest BCUT2D eigenvalue weighted by molar-refractivity contribution is 6.34. The second kappa shape index (κ2) is 3.56. The largest absolute Gasteiger partial charge is 0.361 e. The summed E-state index contributed by atoms with van der Waals surface area (Å²) in [7, 11) is 0. The smallest absolute Gasteiger partial charge is 0.309 e. The standard InChI is InChI=1S/C8H16N2O2/c1-5(2)8(3,4)10-7(12)6(9)11/h5H,1-4H3,(H2,9,11)(H,10,12). The van der Waals surface area contributed by atoms with Crippen molar-refractivity contribution in [1.82, 2.24) is 5.32 Å². The van der Waals surface area contributed by atoms with Gasteiger partial charge in [0.2, 0.25) is 0 Å². The minimum atomic E-state index is -0.941. The van der Waals surface area contributed by atoms with Crippen molar-refractivity contribution in [3.63, 3.8) is 0 Å². The molecule has 0 fully saturated rings. The predicted molar refractivity (Wildman–Crippen MR) is 46.3 cm³/mol. The lowest BCUT2D eigenvalue weighted by Crippen LogP contribution is -2.51. The van der Waals surface area contributed by atoms with E-state index in [1.54, 1.807) is 0 Å². The summed E-state index contributed by atoms with van der Waals surface area (Å²) in [5.74, 6) is -1.42. The molecule has 0 unspecified atom stereocenters. The van der Waals surface area contributed by atoms with Crippen molar-refractivity contribution in [2.75, 3.05) is 0 Å². The van der Waals surface area contributed by atoms with Gasteiger partial charge in [-0.05, 0) is 19.8 Å². The molecule has 0 aliphatic rings. The van der Waals surface area contributed by atoms with Crippen LogP contribution in [0.3, 0.4) is 0 Å². The monoisotopic (exact) mass is 172 g/mol. The summed E-state index contributed by atoms with van der Waals surface area (Å²) in [6, 6.07) is 0. The third-order valence-corrected chi connectivity index (χ3v) is 2.10. The minimum absolute atomic E-state index is 0.251. The van der Waals surface area contributed by atoms with Crippen molar-refractivity contribution >= 4 is 11.8 Å². The van der Waals surface area contributed by atoms with Gasteiger partial charge in [-0.2, -0.15) is 0 Å². The summed E-state index contributed by atoms with van der Waals surface area (Å²) in [6.45, 7) is 7.61. The van der Waals surface area contributed by atoms with Gasteiger partial charge in [-0.1, -0.05) is 13.8 Å². The van der Waals surface area contributed by atoms with Crippen molar-refractivity contribution < 1.29 is 9.59 Å². The van der Waals surface area contributed by atoms with Gasteiger partial charge in [-0.15, -0.1) is 0 Å². The summed E-state index contributed by atoms with van der Waals surface area (Å²) in [5, 5.41) is 2.54. The average Bonchev–Trinajstić information content (AvgIpc) is 1.85. The van der Waals surface area contributed by atoms with E-state index >= 15 is 0 Å². The van der Waals surface area contributed by atoms with Crippen LogP contribution < -0.4 is 11.1 Å². The van der Waals surface area contributed by atoms with Gasteiger partial charge in [-0.3, -0.25) is 9.59 Å². The van der Waals surface area contributed by atoms with Crippen molar-refractivity contribution in [3.8, 4) is 0 Å². The minimum Gasteiger partial charge on any atom is -0.361 e. The molecule has 0 aromatic carbocycles. The lowest BCUT2D eigenvalue weighted by atomic mass is 9.91. The normalized spacial score (nSPS) is 11.4. The SMILES string of the molecule is CC(C)C(C)(C)NC(=O)C(N)=O. The van der Waals surface area contributed by atoms with E-state index in [0.717, 1.165) is 0 Å². The molecule has 0 bridgehead atoms. The maximum Gasteiger partial charge on any atom is 0.309 e. The molecule has 2 amide bonds. The zero-order valence-electron chi connectivity index (χ0n) is 7.97. The Morgan fingerprint density at radius 2 is 1.75 bits per heavy atom. The van der Waals surface area contributed by atoms with Gasteiger partial charge in [0, 0.05) is 5.54 Å². The number of carbonyl (C=O) groups is 2. The number of amides is 2. The van der Waals surface area contributed by atoms with E-state index in [1.807, 2.05) is 27.7 Å². The Labute approximate surface area is 72.5 Å². The average molecular weight is 172 g/mol. The Morgan fingerprint density at radius 1 is 1.33 bits per heavy atom. The number of hydrogen-bond donors (Lipinski definition) is 2. The molecular formula is C8H16N2O2. The molecule has 0 radical (unpaired) electrons. The van der Waals surface area contributed by atoms with Crippen molar-refractivity contribution in [2.24, 2.45) is 11.7 Å². The Bertz CT molecular complexity index is 197. The Morgan fingerprint density at radius 3 is 2.00 bits per heavy atom. The lowest BCUT2D eigenvalue weighted by Gasteiger charge is -2.29. The summed E-state index contributed by atoms with van der Waals surface area (Å²) < 4.78 is 0. The van der Waals surface area contributed by atoms with Gasteiger partial charge in [-0.25, -0.2) is 0 Å². The third-order valence-electron chi connectivity index (χ3n) is 2.10. The van der Waals surface area contributed by atoms with E-state index in [9.17, 15) is 9.59 Å². The molecule has 4 heteroatoms. The molecule has 0 aliphatic carbocycles. The van der Waals surface area contributed by atoms with E-state index in [4.69, 9.17) is 5.73 Å². The van der Waals surface area contributed by atoms with Crippen molar-refractivity contribution in [2.45, 2.75) is 33.2 Å². The van der Waals surface area contributed by atoms with Gasteiger partial charge < -0.3 is 11.1 Å². The zero-order valence-corrected chi connectivity index (χ0v) is 7.97. The van der Waals surface area contributed by atoms with E-state index in [1.165, 1.54) is 0 Å². The van der Waals surface area contributed by atoms with Gasteiger partial charge in [0.05, 0.1) is 0 Å². The Balaban J connectivity index is 4.25. The van der Waals surface area contributed by atoms with E-state index < -0.39 is 17.4 Å². The summed E-state index contributed by atoms with van der Waals surface area (Å²) >= 11 is 0. The van der Waals surface area contributed by atoms with E-state index in [2.05, 4.69) is 5.32 Å². The first-order chi connectivity index (χ1) is 5.27. The first kappa shape index (κ1) is 10.9. The van der Waals surface area contributed by atoms with Gasteiger partial charge >= 0.3 is 11.8 Å². The van der Waals surface area contributed by atoms with E-state index in [0.29, 0.717) is 0 Å². The van der Waals surface area contributed by atoms with Crippen LogP contribution in [-0.2, 0) is 9.59 Å². The molecule has 0 atom stereocenters. The molecular weight excluding hydrogens is 156 g/mol. The van der Waals surface area contributed by atoms with Crippen LogP contribution in [0, 0.1) is 5.92 Å². The second-order valence-electron chi connectivity index (χ2n) is 3.69. The molecule has 0 saturated heterocycles. The van der Waals surface area contributed by atoms with Crippen LogP contribution in [0.4, 0.5) is 0 Å². The third kappa shape index (κ3) is 2.90. The summed E-state index contributed by atoms with van der Waals surface area (Å²) in [4.78, 5) is 21.3. The topological polar surface area (TPSA) is 72.2 Å². The fourth-order valence-corrected chi connectivity index (χ4v) is 0.499. The molecule has 0 aromatic rings. The van der Waals surface area contributed by atoms with Crippen LogP contribution in [-0.4, -0.2) is 17.4 Å². The summed E-state index contributed by atoms with van der Waals surface area (Å²) in [5.41, 5.74) is 4.40. The number of rotatable bonds is 2. The molecule has 0 aliphatic heterocycles. The molecule has 0 saturated carbocycles. The van der Waals surface area contributed by atoms with Crippen LogP contribution in [0.25, 0.3) is 0 Å². The number of nitrogens with one attached hydrogen (secondary N) is 1. The number of nitrogens with two attached hydrogens (primary N) is 1. The molecule has 0 aromatic heterocycles. The van der Waals surface area contributed by atoms with Gasteiger partial charge in [0.1, 0.15) is 0 Å². The van der Waals surface area contributed by atoms with Gasteiger partial charge in [0.25, 0.3) is 0 Å². The second-order valence-corrected chi connectivity index (χ2v) is 3.69. The quantitative estimate of drug-likeness (QED) is 0.576. The van der Waals surface area contributed by atoms with Gasteiger partial charge in [0.15, 0.2) is 0 Å². The van der Waals surface area contributed by atoms with Crippen LogP contribution >= 0.6 is 0 Å². The highest BCUT2D eigenvalue weighted by atomic mass is 16.2. The molecule has 12 heavy (non-hydrogen) atoms. The van der Waals surface area contributed by atoms with Crippen LogP contribution in [0.2, 0.25) is 0 Å². The lowest BCUT2D eigenvalue weighted by molar-refractivity contribution is -0.138. The number of carbonyl (C=O) groups excluding carboxylic acids is 2. The number of hydrogen-bond acceptors (Lipinski definition) is 2. The maximum absolute atomic E-state index is 10.9. The fraction of sp³-hybridized carbons (Fsp3) is 0.750. The highest BCUT2D eigenvalue weighted by Crippen LogP contribution is 2.14. The predicted octanol–water partition coefficient (Wildman–Crippen LogP) is 0.0225. The molecule has 0 spiro atoms. The maximum atomic E-state index is 10.9. The fourth-order valence-electron chi connectivity index (χ4n) is 0.499. The Hall–Kier alpha value is -1.06. The van der Waals surface area contributed by atoms with Crippen LogP contribution in [0.5, 0.6) is 0 Å². The highest BCUT2D eigenvalue weighted by Gasteiger charge is 2.25. The summed E-state index contributed by atoms with van der Waals surface area (Å²) in [6.07, 6.45) is 0. The molecule has 0 rings (SSSR count). The zero-order chi connectivity index (χ0) is 9.94. The first-order valence-corrected chi connectivity index (χ1v) is 3.89. The number of primary amides is 1. The molecule has 0 heterocycles.